The van der Waals surface area contributed by atoms with Crippen molar-refractivity contribution in [1.29, 1.82) is 0 Å². The Kier molecular flexibility index (Phi) is 7.27. The molecule has 0 aliphatic carbocycles. The van der Waals surface area contributed by atoms with Gasteiger partial charge in [-0.2, -0.15) is 12.1 Å². The van der Waals surface area contributed by atoms with Crippen molar-refractivity contribution < 1.29 is 24.7 Å². The molecular formula is C39H26IrN4+. The number of hydrogen-bond acceptors (Lipinski definition) is 1. The largest absolute Gasteiger partial charge is 3.00 e. The summed E-state index contributed by atoms with van der Waals surface area (Å²) in [5.41, 5.74) is 8.99. The number of aromatic nitrogens is 4. The summed E-state index contributed by atoms with van der Waals surface area (Å²) in [6.07, 6.45) is 9.32. The molecular weight excluding hydrogens is 717 g/mol. The smallest absolute Gasteiger partial charge is 0.363 e. The number of imidazole rings is 1. The van der Waals surface area contributed by atoms with E-state index >= 15 is 0 Å². The van der Waals surface area contributed by atoms with E-state index in [1.54, 1.807) is 0 Å². The molecule has 9 rings (SSSR count). The maximum Gasteiger partial charge on any atom is 3.00 e. The van der Waals surface area contributed by atoms with Crippen LogP contribution in [0.2, 0.25) is 0 Å². The molecule has 4 heterocycles. The minimum atomic E-state index is 0. The quantitative estimate of drug-likeness (QED) is 0.132. The van der Waals surface area contributed by atoms with Gasteiger partial charge in [-0.25, -0.2) is 0 Å². The Hall–Kier alpha value is -5.09. The number of pyridine rings is 1. The average molecular weight is 743 g/mol. The fourth-order valence-corrected chi connectivity index (χ4v) is 5.86. The summed E-state index contributed by atoms with van der Waals surface area (Å²) in [4.78, 5) is 4.32. The molecule has 0 spiro atoms. The number of fused-ring (bicyclic) bond motifs is 6. The molecule has 0 N–H and O–H groups in total. The van der Waals surface area contributed by atoms with E-state index in [1.807, 2.05) is 83.2 Å². The second-order valence-electron chi connectivity index (χ2n) is 10.6. The van der Waals surface area contributed by atoms with Crippen molar-refractivity contribution in [1.82, 2.24) is 14.0 Å². The average Bonchev–Trinajstić information content (AvgIpc) is 3.79. The predicted molar refractivity (Wildman–Crippen MR) is 173 cm³/mol. The first-order chi connectivity index (χ1) is 21.2. The summed E-state index contributed by atoms with van der Waals surface area (Å²) in [6.45, 7) is 2.03. The van der Waals surface area contributed by atoms with Crippen LogP contribution in [0.4, 0.5) is 0 Å². The molecule has 0 bridgehead atoms. The normalized spacial score (nSPS) is 11.1. The summed E-state index contributed by atoms with van der Waals surface area (Å²) in [6, 6.07) is 48.4. The Bertz CT molecular complexity index is 2340. The van der Waals surface area contributed by atoms with E-state index in [4.69, 9.17) is 0 Å². The molecule has 0 atom stereocenters. The maximum absolute atomic E-state index is 4.32. The van der Waals surface area contributed by atoms with Crippen LogP contribution in [0, 0.1) is 25.4 Å². The number of rotatable bonds is 3. The Balaban J connectivity index is 0.000000189. The van der Waals surface area contributed by atoms with Gasteiger partial charge in [0.05, 0.1) is 5.69 Å². The second kappa shape index (κ2) is 11.5. The fourth-order valence-electron chi connectivity index (χ4n) is 5.86. The van der Waals surface area contributed by atoms with Crippen molar-refractivity contribution in [3.8, 4) is 22.6 Å². The van der Waals surface area contributed by atoms with E-state index in [9.17, 15) is 0 Å². The van der Waals surface area contributed by atoms with Gasteiger partial charge in [0.15, 0.2) is 0 Å². The number of nitrogens with zero attached hydrogens (tertiary/aromatic N) is 4. The van der Waals surface area contributed by atoms with Crippen molar-refractivity contribution in [2.75, 3.05) is 0 Å². The van der Waals surface area contributed by atoms with Crippen LogP contribution in [0.3, 0.4) is 0 Å². The zero-order valence-electron chi connectivity index (χ0n) is 23.9. The van der Waals surface area contributed by atoms with Crippen LogP contribution in [0.1, 0.15) is 5.56 Å². The Morgan fingerprint density at radius 2 is 1.48 bits per heavy atom. The van der Waals surface area contributed by atoms with Gasteiger partial charge in [0.1, 0.15) is 0 Å². The van der Waals surface area contributed by atoms with Crippen LogP contribution < -0.4 is 4.57 Å². The first kappa shape index (κ1) is 27.7. The molecule has 0 amide bonds. The van der Waals surface area contributed by atoms with Crippen LogP contribution in [0.15, 0.2) is 140 Å². The maximum atomic E-state index is 4.32. The molecule has 0 aliphatic heterocycles. The van der Waals surface area contributed by atoms with Crippen LogP contribution >= 0.6 is 0 Å². The van der Waals surface area contributed by atoms with E-state index in [-0.39, 0.29) is 20.1 Å². The zero-order valence-corrected chi connectivity index (χ0v) is 26.3. The monoisotopic (exact) mass is 743 g/mol. The number of para-hydroxylation sites is 3. The second-order valence-corrected chi connectivity index (χ2v) is 10.6. The van der Waals surface area contributed by atoms with Gasteiger partial charge in [0.25, 0.3) is 6.33 Å². The van der Waals surface area contributed by atoms with Gasteiger partial charge in [0.2, 0.25) is 0 Å². The molecule has 4 aromatic heterocycles. The van der Waals surface area contributed by atoms with Gasteiger partial charge >= 0.3 is 20.1 Å². The van der Waals surface area contributed by atoms with Gasteiger partial charge in [-0.05, 0) is 47.5 Å². The van der Waals surface area contributed by atoms with Gasteiger partial charge in [-0.15, -0.1) is 47.3 Å². The Morgan fingerprint density at radius 3 is 2.27 bits per heavy atom. The molecule has 0 fully saturated rings. The molecule has 0 unspecified atom stereocenters. The molecule has 44 heavy (non-hydrogen) atoms. The Morgan fingerprint density at radius 1 is 0.705 bits per heavy atom. The molecule has 0 saturated carbocycles. The third-order valence-electron chi connectivity index (χ3n) is 7.91. The van der Waals surface area contributed by atoms with Crippen LogP contribution in [0.5, 0.6) is 0 Å². The van der Waals surface area contributed by atoms with E-state index in [1.165, 1.54) is 43.7 Å². The molecule has 210 valence electrons. The van der Waals surface area contributed by atoms with Crippen molar-refractivity contribution in [3.63, 3.8) is 0 Å². The van der Waals surface area contributed by atoms with Gasteiger partial charge < -0.3 is 14.0 Å². The van der Waals surface area contributed by atoms with E-state index in [0.717, 1.165) is 22.6 Å². The summed E-state index contributed by atoms with van der Waals surface area (Å²) >= 11 is 0. The minimum absolute atomic E-state index is 0. The molecule has 4 nitrogen and oxygen atoms in total. The summed E-state index contributed by atoms with van der Waals surface area (Å²) in [7, 11) is 0. The van der Waals surface area contributed by atoms with Gasteiger partial charge in [0, 0.05) is 40.4 Å². The number of hydrogen-bond donors (Lipinski definition) is 0. The van der Waals surface area contributed by atoms with Gasteiger partial charge in [-0.3, -0.25) is 4.57 Å². The third kappa shape index (κ3) is 4.77. The summed E-state index contributed by atoms with van der Waals surface area (Å²) in [5, 5.41) is 5.11. The molecule has 9 aromatic rings. The number of aryl methyl sites for hydroxylation is 1. The molecule has 5 heteroatoms. The minimum Gasteiger partial charge on any atom is -0.363 e. The predicted octanol–water partition coefficient (Wildman–Crippen LogP) is 8.36. The zero-order chi connectivity index (χ0) is 28.8. The molecule has 0 radical (unpaired) electrons. The first-order valence-electron chi connectivity index (χ1n) is 14.3. The Labute approximate surface area is 269 Å². The van der Waals surface area contributed by atoms with E-state index in [0.29, 0.717) is 0 Å². The van der Waals surface area contributed by atoms with Crippen LogP contribution in [0.25, 0.3) is 60.7 Å². The third-order valence-corrected chi connectivity index (χ3v) is 7.91. The van der Waals surface area contributed by atoms with E-state index < -0.39 is 0 Å². The van der Waals surface area contributed by atoms with E-state index in [2.05, 4.69) is 101 Å². The topological polar surface area (TPSA) is 26.1 Å². The standard InChI is InChI=1S/C27H16N3.C12H10N.Ir/c1-2-7-19(8-3-1)28-15-16-29(18-28)20-13-14-26-24(17-20)23-11-6-10-22-21-9-4-5-12-25(21)30(26)27(22)23;1-10-7-8-12(13-9-10)11-5-3-2-4-6-11;/h1-12,14-17H;2-5,7-9H,1H3;/q2*-1;+3. The van der Waals surface area contributed by atoms with Crippen LogP contribution in [-0.2, 0) is 20.1 Å². The fraction of sp³-hybridized carbons (Fsp3) is 0.0256. The molecule has 0 saturated heterocycles. The summed E-state index contributed by atoms with van der Waals surface area (Å²) < 4.78 is 6.37. The van der Waals surface area contributed by atoms with Gasteiger partial charge in [-0.1, -0.05) is 72.2 Å². The van der Waals surface area contributed by atoms with Crippen molar-refractivity contribution in [2.24, 2.45) is 0 Å². The number of benzene rings is 5. The SMILES string of the molecule is Cc1ccc(-c2[c-]cccc2)nc1.[Ir+3].[c-]1cc2c(cc1-n1[c-][n+](-c3ccccc3)cc1)c1cccc3c4ccccc4n2c13. The van der Waals surface area contributed by atoms with Crippen molar-refractivity contribution >= 4 is 38.1 Å². The summed E-state index contributed by atoms with van der Waals surface area (Å²) in [5.74, 6) is 0. The first-order valence-corrected chi connectivity index (χ1v) is 14.3. The van der Waals surface area contributed by atoms with Crippen molar-refractivity contribution in [2.45, 2.75) is 6.92 Å². The van der Waals surface area contributed by atoms with Crippen molar-refractivity contribution in [3.05, 3.63) is 164 Å². The van der Waals surface area contributed by atoms with Crippen LogP contribution in [-0.4, -0.2) is 14.0 Å². The molecule has 5 aromatic carbocycles. The molecule has 0 aliphatic rings.